The standard InChI is InChI=1S/C28H30N4O5S2/c1-28-13-23(27(35)30-15-21-12-22(17-38-21)39(2,29)36)32(24(28)14-28)25(33)16-31-26(34)18-8-10-20(11-9-18)37-19-6-4-3-5-7-19/h3-12,17,23-24,29H,13-16H2,1-2H3,(H,30,35)(H,31,34)/t23-,24-,28+,39?/m0/s1. The molecule has 9 nitrogen and oxygen atoms in total. The summed E-state index contributed by atoms with van der Waals surface area (Å²) in [5.41, 5.74) is 0.305. The Morgan fingerprint density at radius 3 is 2.44 bits per heavy atom. The largest absolute Gasteiger partial charge is 0.457 e. The van der Waals surface area contributed by atoms with E-state index in [1.807, 2.05) is 30.3 Å². The molecule has 1 saturated heterocycles. The summed E-state index contributed by atoms with van der Waals surface area (Å²) in [5, 5.41) is 7.24. The third-order valence-electron chi connectivity index (χ3n) is 7.24. The first-order valence-electron chi connectivity index (χ1n) is 12.5. The molecular weight excluding hydrogens is 536 g/mol. The zero-order chi connectivity index (χ0) is 27.8. The fraction of sp³-hybridized carbons (Fsp3) is 0.321. The highest BCUT2D eigenvalue weighted by Crippen LogP contribution is 2.59. The summed E-state index contributed by atoms with van der Waals surface area (Å²) in [5.74, 6) is 0.349. The number of benzene rings is 2. The molecule has 11 heteroatoms. The van der Waals surface area contributed by atoms with E-state index in [1.165, 1.54) is 17.6 Å². The van der Waals surface area contributed by atoms with E-state index >= 15 is 0 Å². The molecule has 1 unspecified atom stereocenters. The van der Waals surface area contributed by atoms with Crippen LogP contribution in [0.2, 0.25) is 0 Å². The molecule has 4 atom stereocenters. The van der Waals surface area contributed by atoms with Crippen LogP contribution in [0.25, 0.3) is 0 Å². The van der Waals surface area contributed by atoms with E-state index in [1.54, 1.807) is 40.6 Å². The van der Waals surface area contributed by atoms with Crippen molar-refractivity contribution in [3.8, 4) is 11.5 Å². The number of piperidine rings is 1. The Balaban J connectivity index is 1.16. The van der Waals surface area contributed by atoms with Crippen molar-refractivity contribution in [3.05, 3.63) is 76.5 Å². The number of rotatable bonds is 9. The van der Waals surface area contributed by atoms with Gasteiger partial charge >= 0.3 is 0 Å². The van der Waals surface area contributed by atoms with Crippen LogP contribution in [0.1, 0.15) is 35.0 Å². The molecule has 3 amide bonds. The van der Waals surface area contributed by atoms with Crippen molar-refractivity contribution in [2.75, 3.05) is 12.8 Å². The van der Waals surface area contributed by atoms with Gasteiger partial charge in [0.25, 0.3) is 5.91 Å². The van der Waals surface area contributed by atoms with Gasteiger partial charge in [0.05, 0.1) is 27.7 Å². The summed E-state index contributed by atoms with van der Waals surface area (Å²) < 4.78 is 25.4. The monoisotopic (exact) mass is 566 g/mol. The number of nitrogens with one attached hydrogen (secondary N) is 3. The minimum absolute atomic E-state index is 0.0199. The van der Waals surface area contributed by atoms with Crippen LogP contribution in [-0.4, -0.2) is 51.7 Å². The van der Waals surface area contributed by atoms with Crippen LogP contribution in [0.5, 0.6) is 11.5 Å². The SMILES string of the molecule is C[C@@]12C[C@@H]1N(C(=O)CNC(=O)c1ccc(Oc3ccccc3)cc1)[C@H](C(=O)NCc1cc(S(C)(=N)=O)cs1)C2. The maximum Gasteiger partial charge on any atom is 0.251 e. The molecule has 1 aromatic heterocycles. The summed E-state index contributed by atoms with van der Waals surface area (Å²) in [7, 11) is -2.81. The van der Waals surface area contributed by atoms with Gasteiger partial charge in [-0.2, -0.15) is 0 Å². The van der Waals surface area contributed by atoms with Gasteiger partial charge in [0.2, 0.25) is 11.8 Å². The molecule has 3 N–H and O–H groups in total. The quantitative estimate of drug-likeness (QED) is 0.361. The highest BCUT2D eigenvalue weighted by molar-refractivity contribution is 7.91. The molecule has 0 spiro atoms. The van der Waals surface area contributed by atoms with E-state index in [4.69, 9.17) is 9.52 Å². The molecule has 0 radical (unpaired) electrons. The Labute approximate surface area is 231 Å². The number of likely N-dealkylation sites (tertiary alicyclic amines) is 1. The number of ether oxygens (including phenoxy) is 1. The third kappa shape index (κ3) is 5.99. The summed E-state index contributed by atoms with van der Waals surface area (Å²) in [6, 6.07) is 17.0. The maximum absolute atomic E-state index is 13.2. The first-order valence-corrected chi connectivity index (χ1v) is 15.4. The lowest BCUT2D eigenvalue weighted by Crippen LogP contribution is -2.50. The normalized spacial score (nSPS) is 22.9. The lowest BCUT2D eigenvalue weighted by molar-refractivity contribution is -0.139. The molecule has 39 heavy (non-hydrogen) atoms. The Bertz CT molecular complexity index is 1500. The molecule has 3 aromatic rings. The van der Waals surface area contributed by atoms with Crippen molar-refractivity contribution in [2.45, 2.75) is 43.3 Å². The highest BCUT2D eigenvalue weighted by Gasteiger charge is 2.64. The van der Waals surface area contributed by atoms with Crippen molar-refractivity contribution < 1.29 is 23.3 Å². The summed E-state index contributed by atoms with van der Waals surface area (Å²) in [6.45, 7) is 2.10. The third-order valence-corrected chi connectivity index (χ3v) is 9.46. The topological polar surface area (TPSA) is 129 Å². The van der Waals surface area contributed by atoms with Crippen LogP contribution >= 0.6 is 11.3 Å². The average molecular weight is 567 g/mol. The fourth-order valence-electron chi connectivity index (χ4n) is 4.96. The Morgan fingerprint density at radius 2 is 1.77 bits per heavy atom. The lowest BCUT2D eigenvalue weighted by Gasteiger charge is -2.27. The molecule has 2 heterocycles. The van der Waals surface area contributed by atoms with Crippen LogP contribution in [0.4, 0.5) is 0 Å². The number of hydrogen-bond donors (Lipinski definition) is 3. The van der Waals surface area contributed by atoms with Crippen LogP contribution in [0.3, 0.4) is 0 Å². The second-order valence-electron chi connectivity index (χ2n) is 10.3. The molecule has 204 valence electrons. The van der Waals surface area contributed by atoms with Crippen molar-refractivity contribution in [1.29, 1.82) is 4.78 Å². The van der Waals surface area contributed by atoms with Gasteiger partial charge in [-0.05, 0) is 60.7 Å². The maximum atomic E-state index is 13.2. The first-order chi connectivity index (χ1) is 18.5. The van der Waals surface area contributed by atoms with Crippen LogP contribution < -0.4 is 15.4 Å². The van der Waals surface area contributed by atoms with Crippen LogP contribution in [0.15, 0.2) is 70.9 Å². The Hall–Kier alpha value is -3.70. The average Bonchev–Trinajstić information content (AvgIpc) is 3.23. The molecule has 2 aromatic carbocycles. The summed E-state index contributed by atoms with van der Waals surface area (Å²) in [6.07, 6.45) is 2.76. The number of nitrogens with zero attached hydrogens (tertiary/aromatic N) is 1. The first kappa shape index (κ1) is 26.9. The number of fused-ring (bicyclic) bond motifs is 1. The summed E-state index contributed by atoms with van der Waals surface area (Å²) >= 11 is 1.34. The van der Waals surface area contributed by atoms with Gasteiger partial charge in [0, 0.05) is 28.1 Å². The van der Waals surface area contributed by atoms with Gasteiger partial charge in [-0.3, -0.25) is 14.4 Å². The molecule has 1 saturated carbocycles. The van der Waals surface area contributed by atoms with E-state index in [9.17, 15) is 18.6 Å². The number of carbonyl (C=O) groups is 3. The number of para-hydroxylation sites is 1. The fourth-order valence-corrected chi connectivity index (χ4v) is 6.96. The lowest BCUT2D eigenvalue weighted by atomic mass is 10.0. The van der Waals surface area contributed by atoms with Gasteiger partial charge in [-0.15, -0.1) is 11.3 Å². The molecule has 1 aliphatic heterocycles. The van der Waals surface area contributed by atoms with Crippen molar-refractivity contribution in [2.24, 2.45) is 5.41 Å². The number of amides is 3. The van der Waals surface area contributed by atoms with Gasteiger partial charge in [0.15, 0.2) is 0 Å². The van der Waals surface area contributed by atoms with Gasteiger partial charge in [-0.25, -0.2) is 8.99 Å². The van der Waals surface area contributed by atoms with Crippen LogP contribution in [0, 0.1) is 10.2 Å². The van der Waals surface area contributed by atoms with E-state index in [2.05, 4.69) is 17.6 Å². The Kier molecular flexibility index (Phi) is 7.21. The predicted molar refractivity (Wildman–Crippen MR) is 148 cm³/mol. The number of hydrogen-bond acceptors (Lipinski definition) is 7. The van der Waals surface area contributed by atoms with Gasteiger partial charge < -0.3 is 20.3 Å². The predicted octanol–water partition coefficient (Wildman–Crippen LogP) is 4.00. The van der Waals surface area contributed by atoms with Gasteiger partial charge in [0.1, 0.15) is 17.5 Å². The zero-order valence-electron chi connectivity index (χ0n) is 21.6. The van der Waals surface area contributed by atoms with Gasteiger partial charge in [-0.1, -0.05) is 25.1 Å². The van der Waals surface area contributed by atoms with Crippen molar-refractivity contribution in [1.82, 2.24) is 15.5 Å². The molecule has 0 bridgehead atoms. The second-order valence-corrected chi connectivity index (χ2v) is 13.5. The van der Waals surface area contributed by atoms with E-state index in [-0.39, 0.29) is 42.3 Å². The highest BCUT2D eigenvalue weighted by atomic mass is 32.2. The zero-order valence-corrected chi connectivity index (χ0v) is 23.3. The molecule has 2 aliphatic rings. The molecular formula is C28H30N4O5S2. The van der Waals surface area contributed by atoms with Crippen LogP contribution in [-0.2, 0) is 25.9 Å². The van der Waals surface area contributed by atoms with Crippen molar-refractivity contribution >= 4 is 38.8 Å². The Morgan fingerprint density at radius 1 is 1.08 bits per heavy atom. The number of thiophene rings is 1. The minimum atomic E-state index is -2.81. The smallest absolute Gasteiger partial charge is 0.251 e. The second kappa shape index (κ2) is 10.5. The van der Waals surface area contributed by atoms with Crippen molar-refractivity contribution in [3.63, 3.8) is 0 Å². The molecule has 1 aliphatic carbocycles. The summed E-state index contributed by atoms with van der Waals surface area (Å²) in [4.78, 5) is 41.8. The molecule has 5 rings (SSSR count). The van der Waals surface area contributed by atoms with E-state index in [0.717, 1.165) is 11.3 Å². The number of carbonyl (C=O) groups excluding carboxylic acids is 3. The van der Waals surface area contributed by atoms with E-state index < -0.39 is 15.8 Å². The van der Waals surface area contributed by atoms with E-state index in [0.29, 0.717) is 28.4 Å². The minimum Gasteiger partial charge on any atom is -0.457 e. The molecule has 2 fully saturated rings.